The number of carboxylic acids is 1. The zero-order valence-corrected chi connectivity index (χ0v) is 12.4. The molecule has 0 atom stereocenters. The standard InChI is InChI=1S/C14H15NO3S2/c16-6-3-7-19-8-10-4-1-2-5-11(10)13-15-12(9-20-13)14(17)18/h1-2,4-5,9,16H,3,6-8H2,(H,17,18). The van der Waals surface area contributed by atoms with Gasteiger partial charge in [0.05, 0.1) is 0 Å². The summed E-state index contributed by atoms with van der Waals surface area (Å²) in [7, 11) is 0. The Kier molecular flexibility index (Phi) is 5.58. The van der Waals surface area contributed by atoms with Gasteiger partial charge in [-0.05, 0) is 17.7 Å². The first-order chi connectivity index (χ1) is 9.72. The highest BCUT2D eigenvalue weighted by molar-refractivity contribution is 7.98. The summed E-state index contributed by atoms with van der Waals surface area (Å²) in [5, 5.41) is 20.0. The lowest BCUT2D eigenvalue weighted by Gasteiger charge is -2.06. The fourth-order valence-electron chi connectivity index (χ4n) is 1.70. The maximum absolute atomic E-state index is 10.9. The maximum Gasteiger partial charge on any atom is 0.355 e. The second-order valence-electron chi connectivity index (χ2n) is 4.13. The number of hydrogen-bond acceptors (Lipinski definition) is 5. The molecular formula is C14H15NO3S2. The van der Waals surface area contributed by atoms with Crippen LogP contribution in [0.2, 0.25) is 0 Å². The van der Waals surface area contributed by atoms with E-state index in [1.165, 1.54) is 11.3 Å². The van der Waals surface area contributed by atoms with Gasteiger partial charge in [0.2, 0.25) is 0 Å². The molecular weight excluding hydrogens is 294 g/mol. The highest BCUT2D eigenvalue weighted by Gasteiger charge is 2.12. The SMILES string of the molecule is O=C(O)c1csc(-c2ccccc2CSCCCO)n1. The Morgan fingerprint density at radius 2 is 2.15 bits per heavy atom. The predicted octanol–water partition coefficient (Wildman–Crippen LogP) is 3.12. The monoisotopic (exact) mass is 309 g/mol. The van der Waals surface area contributed by atoms with E-state index in [1.54, 1.807) is 17.1 Å². The van der Waals surface area contributed by atoms with Crippen LogP contribution in [0.15, 0.2) is 29.6 Å². The van der Waals surface area contributed by atoms with Gasteiger partial charge in [0.15, 0.2) is 5.69 Å². The van der Waals surface area contributed by atoms with Gasteiger partial charge in [0.25, 0.3) is 0 Å². The van der Waals surface area contributed by atoms with E-state index in [0.29, 0.717) is 0 Å². The third kappa shape index (κ3) is 3.82. The van der Waals surface area contributed by atoms with E-state index in [9.17, 15) is 4.79 Å². The van der Waals surface area contributed by atoms with E-state index < -0.39 is 5.97 Å². The number of aliphatic hydroxyl groups is 1. The van der Waals surface area contributed by atoms with Crippen LogP contribution in [0.5, 0.6) is 0 Å². The minimum Gasteiger partial charge on any atom is -0.476 e. The third-order valence-electron chi connectivity index (χ3n) is 2.68. The Morgan fingerprint density at radius 1 is 1.35 bits per heavy atom. The van der Waals surface area contributed by atoms with Crippen LogP contribution in [0.3, 0.4) is 0 Å². The molecule has 0 bridgehead atoms. The van der Waals surface area contributed by atoms with Gasteiger partial charge in [-0.1, -0.05) is 24.3 Å². The van der Waals surface area contributed by atoms with Gasteiger partial charge in [0, 0.05) is 23.3 Å². The van der Waals surface area contributed by atoms with E-state index in [0.717, 1.165) is 34.1 Å². The summed E-state index contributed by atoms with van der Waals surface area (Å²) in [6, 6.07) is 7.89. The van der Waals surface area contributed by atoms with E-state index in [1.807, 2.05) is 24.3 Å². The molecule has 20 heavy (non-hydrogen) atoms. The molecule has 0 spiro atoms. The number of rotatable bonds is 7. The number of aliphatic hydroxyl groups excluding tert-OH is 1. The van der Waals surface area contributed by atoms with Crippen molar-refractivity contribution in [3.05, 3.63) is 40.9 Å². The first-order valence-corrected chi connectivity index (χ1v) is 8.21. The summed E-state index contributed by atoms with van der Waals surface area (Å²) >= 11 is 3.10. The molecule has 0 amide bonds. The Bertz CT molecular complexity index is 583. The van der Waals surface area contributed by atoms with Crippen molar-refractivity contribution in [2.24, 2.45) is 0 Å². The maximum atomic E-state index is 10.9. The first kappa shape index (κ1) is 15.0. The largest absolute Gasteiger partial charge is 0.476 e. The molecule has 1 aromatic heterocycles. The molecule has 0 saturated carbocycles. The molecule has 1 aromatic carbocycles. The van der Waals surface area contributed by atoms with Crippen molar-refractivity contribution in [2.75, 3.05) is 12.4 Å². The summed E-state index contributed by atoms with van der Waals surface area (Å²) in [5.41, 5.74) is 2.22. The summed E-state index contributed by atoms with van der Waals surface area (Å²) in [5.74, 6) is 0.739. The number of hydrogen-bond donors (Lipinski definition) is 2. The summed E-state index contributed by atoms with van der Waals surface area (Å²) in [4.78, 5) is 15.0. The Balaban J connectivity index is 2.16. The average molecular weight is 309 g/mol. The molecule has 0 saturated heterocycles. The van der Waals surface area contributed by atoms with E-state index in [-0.39, 0.29) is 12.3 Å². The van der Waals surface area contributed by atoms with Crippen molar-refractivity contribution >= 4 is 29.1 Å². The topological polar surface area (TPSA) is 70.4 Å². The van der Waals surface area contributed by atoms with E-state index in [2.05, 4.69) is 4.98 Å². The fourth-order valence-corrected chi connectivity index (χ4v) is 3.50. The number of aromatic carboxylic acids is 1. The first-order valence-electron chi connectivity index (χ1n) is 6.18. The second kappa shape index (κ2) is 7.42. The zero-order valence-electron chi connectivity index (χ0n) is 10.8. The van der Waals surface area contributed by atoms with Crippen LogP contribution in [0, 0.1) is 0 Å². The molecule has 2 aromatic rings. The molecule has 106 valence electrons. The number of benzene rings is 1. The van der Waals surface area contributed by atoms with Crippen molar-refractivity contribution in [3.8, 4) is 10.6 Å². The minimum absolute atomic E-state index is 0.0905. The average Bonchev–Trinajstić information content (AvgIpc) is 2.94. The van der Waals surface area contributed by atoms with Crippen molar-refractivity contribution < 1.29 is 15.0 Å². The van der Waals surface area contributed by atoms with Gasteiger partial charge in [-0.15, -0.1) is 11.3 Å². The van der Waals surface area contributed by atoms with Gasteiger partial charge in [-0.2, -0.15) is 11.8 Å². The van der Waals surface area contributed by atoms with Crippen LogP contribution in [-0.2, 0) is 5.75 Å². The van der Waals surface area contributed by atoms with Crippen molar-refractivity contribution in [1.82, 2.24) is 4.98 Å². The molecule has 0 radical (unpaired) electrons. The van der Waals surface area contributed by atoms with Gasteiger partial charge in [-0.3, -0.25) is 0 Å². The molecule has 6 heteroatoms. The van der Waals surface area contributed by atoms with E-state index in [4.69, 9.17) is 10.2 Å². The highest BCUT2D eigenvalue weighted by Crippen LogP contribution is 2.29. The zero-order chi connectivity index (χ0) is 14.4. The summed E-state index contributed by atoms with van der Waals surface area (Å²) in [6.07, 6.45) is 0.785. The number of carbonyl (C=O) groups is 1. The Morgan fingerprint density at radius 3 is 2.85 bits per heavy atom. The number of carboxylic acid groups (broad SMARTS) is 1. The number of thiazole rings is 1. The summed E-state index contributed by atoms with van der Waals surface area (Å²) < 4.78 is 0. The molecule has 0 fully saturated rings. The number of nitrogens with zero attached hydrogens (tertiary/aromatic N) is 1. The Labute approximate surface area is 125 Å². The predicted molar refractivity (Wildman–Crippen MR) is 82.4 cm³/mol. The molecule has 0 unspecified atom stereocenters. The molecule has 4 nitrogen and oxygen atoms in total. The van der Waals surface area contributed by atoms with Crippen LogP contribution in [0.25, 0.3) is 10.6 Å². The molecule has 2 rings (SSSR count). The quantitative estimate of drug-likeness (QED) is 0.769. The van der Waals surface area contributed by atoms with Crippen LogP contribution in [0.4, 0.5) is 0 Å². The van der Waals surface area contributed by atoms with Crippen molar-refractivity contribution in [1.29, 1.82) is 0 Å². The van der Waals surface area contributed by atoms with Crippen molar-refractivity contribution in [3.63, 3.8) is 0 Å². The molecule has 0 aliphatic rings. The van der Waals surface area contributed by atoms with Gasteiger partial charge >= 0.3 is 5.97 Å². The molecule has 0 aliphatic carbocycles. The van der Waals surface area contributed by atoms with Crippen LogP contribution in [0.1, 0.15) is 22.5 Å². The van der Waals surface area contributed by atoms with Crippen LogP contribution >= 0.6 is 23.1 Å². The number of thioether (sulfide) groups is 1. The van der Waals surface area contributed by atoms with Crippen LogP contribution < -0.4 is 0 Å². The molecule has 1 heterocycles. The number of aromatic nitrogens is 1. The van der Waals surface area contributed by atoms with Crippen LogP contribution in [-0.4, -0.2) is 33.5 Å². The fraction of sp³-hybridized carbons (Fsp3) is 0.286. The van der Waals surface area contributed by atoms with Crippen molar-refractivity contribution in [2.45, 2.75) is 12.2 Å². The minimum atomic E-state index is -0.998. The van der Waals surface area contributed by atoms with Gasteiger partial charge in [0.1, 0.15) is 5.01 Å². The third-order valence-corrected chi connectivity index (χ3v) is 4.64. The van der Waals surface area contributed by atoms with Gasteiger partial charge < -0.3 is 10.2 Å². The molecule has 2 N–H and O–H groups in total. The lowest BCUT2D eigenvalue weighted by atomic mass is 10.1. The highest BCUT2D eigenvalue weighted by atomic mass is 32.2. The normalized spacial score (nSPS) is 10.7. The van der Waals surface area contributed by atoms with Gasteiger partial charge in [-0.25, -0.2) is 9.78 Å². The smallest absolute Gasteiger partial charge is 0.355 e. The second-order valence-corrected chi connectivity index (χ2v) is 6.09. The van der Waals surface area contributed by atoms with E-state index >= 15 is 0 Å². The Hall–Kier alpha value is -1.37. The molecule has 0 aliphatic heterocycles. The lowest BCUT2D eigenvalue weighted by Crippen LogP contribution is -1.96. The summed E-state index contributed by atoms with van der Waals surface area (Å²) in [6.45, 7) is 0.211. The lowest BCUT2D eigenvalue weighted by molar-refractivity contribution is 0.0691.